The Balaban J connectivity index is 1.79. The van der Waals surface area contributed by atoms with Gasteiger partial charge in [0.2, 0.25) is 5.91 Å². The second kappa shape index (κ2) is 4.80. The van der Waals surface area contributed by atoms with Gasteiger partial charge in [-0.15, -0.1) is 0 Å². The lowest BCUT2D eigenvalue weighted by atomic mass is 9.73. The van der Waals surface area contributed by atoms with Crippen LogP contribution >= 0.6 is 0 Å². The predicted octanol–water partition coefficient (Wildman–Crippen LogP) is 3.01. The van der Waals surface area contributed by atoms with Gasteiger partial charge in [-0.05, 0) is 30.4 Å². The Kier molecular flexibility index (Phi) is 3.13. The summed E-state index contributed by atoms with van der Waals surface area (Å²) in [5.41, 5.74) is 0.698. The Morgan fingerprint density at radius 1 is 1.05 bits per heavy atom. The smallest absolute Gasteiger partial charge is 0.260 e. The van der Waals surface area contributed by atoms with E-state index in [0.29, 0.717) is 18.5 Å². The number of hydrogen-bond donors (Lipinski definition) is 0. The van der Waals surface area contributed by atoms with E-state index >= 15 is 0 Å². The van der Waals surface area contributed by atoms with E-state index in [1.54, 1.807) is 12.1 Å². The highest BCUT2D eigenvalue weighted by atomic mass is 16.2. The number of nitrogens with zero attached hydrogens (tertiary/aromatic N) is 1. The van der Waals surface area contributed by atoms with Crippen LogP contribution < -0.4 is 0 Å². The summed E-state index contributed by atoms with van der Waals surface area (Å²) in [7, 11) is 0. The van der Waals surface area contributed by atoms with Crippen LogP contribution in [-0.4, -0.2) is 23.3 Å². The normalized spacial score (nSPS) is 21.9. The molecule has 2 aliphatic rings. The number of likely N-dealkylation sites (tertiary alicyclic amines) is 1. The topological polar surface area (TPSA) is 37.4 Å². The molecule has 0 bridgehead atoms. The van der Waals surface area contributed by atoms with Gasteiger partial charge in [0.1, 0.15) is 0 Å². The Labute approximate surface area is 113 Å². The lowest BCUT2D eigenvalue weighted by molar-refractivity contribution is -0.125. The predicted molar refractivity (Wildman–Crippen MR) is 72.6 cm³/mol. The molecule has 3 nitrogen and oxygen atoms in total. The standard InChI is InChI=1S/C16H19NO2/c18-14-11-16(9-5-2-6-10-16)12-17(14)15(19)13-7-3-1-4-8-13/h1,3-4,7-8H,2,5-6,9-12H2. The maximum Gasteiger partial charge on any atom is 0.260 e. The van der Waals surface area contributed by atoms with Gasteiger partial charge in [-0.3, -0.25) is 14.5 Å². The Hall–Kier alpha value is -1.64. The summed E-state index contributed by atoms with van der Waals surface area (Å²) in [5.74, 6) is -0.121. The summed E-state index contributed by atoms with van der Waals surface area (Å²) in [5, 5.41) is 0. The van der Waals surface area contributed by atoms with Crippen molar-refractivity contribution in [2.45, 2.75) is 38.5 Å². The fraction of sp³-hybridized carbons (Fsp3) is 0.500. The molecule has 3 rings (SSSR count). The molecule has 1 aromatic rings. The quantitative estimate of drug-likeness (QED) is 0.725. The second-order valence-electron chi connectivity index (χ2n) is 5.89. The van der Waals surface area contributed by atoms with Crippen molar-refractivity contribution < 1.29 is 9.59 Å². The highest BCUT2D eigenvalue weighted by Crippen LogP contribution is 2.44. The maximum atomic E-state index is 12.4. The number of amides is 2. The van der Waals surface area contributed by atoms with E-state index in [0.717, 1.165) is 12.8 Å². The summed E-state index contributed by atoms with van der Waals surface area (Å²) in [6.45, 7) is 0.625. The molecule has 3 heteroatoms. The van der Waals surface area contributed by atoms with Gasteiger partial charge in [0.25, 0.3) is 5.91 Å². The van der Waals surface area contributed by atoms with Gasteiger partial charge in [-0.1, -0.05) is 37.5 Å². The molecule has 1 aliphatic carbocycles. The van der Waals surface area contributed by atoms with Gasteiger partial charge in [0.15, 0.2) is 0 Å². The number of carbonyl (C=O) groups excluding carboxylic acids is 2. The average molecular weight is 257 g/mol. The third-order valence-corrected chi connectivity index (χ3v) is 4.50. The van der Waals surface area contributed by atoms with Crippen molar-refractivity contribution in [2.75, 3.05) is 6.54 Å². The monoisotopic (exact) mass is 257 g/mol. The minimum Gasteiger partial charge on any atom is -0.278 e. The van der Waals surface area contributed by atoms with Crippen molar-refractivity contribution in [2.24, 2.45) is 5.41 Å². The summed E-state index contributed by atoms with van der Waals surface area (Å²) in [4.78, 5) is 26.0. The highest BCUT2D eigenvalue weighted by Gasteiger charge is 2.45. The molecule has 1 saturated carbocycles. The van der Waals surface area contributed by atoms with Crippen LogP contribution in [0.4, 0.5) is 0 Å². The molecule has 1 aliphatic heterocycles. The van der Waals surface area contributed by atoms with Crippen LogP contribution in [0.15, 0.2) is 30.3 Å². The molecular weight excluding hydrogens is 238 g/mol. The zero-order valence-electron chi connectivity index (χ0n) is 11.1. The third-order valence-electron chi connectivity index (χ3n) is 4.50. The van der Waals surface area contributed by atoms with E-state index in [9.17, 15) is 9.59 Å². The first-order valence-corrected chi connectivity index (χ1v) is 7.10. The highest BCUT2D eigenvalue weighted by molar-refractivity contribution is 6.05. The number of imide groups is 1. The number of hydrogen-bond acceptors (Lipinski definition) is 2. The fourth-order valence-electron chi connectivity index (χ4n) is 3.45. The zero-order valence-corrected chi connectivity index (χ0v) is 11.1. The minimum absolute atomic E-state index is 0.00996. The average Bonchev–Trinajstić information content (AvgIpc) is 2.76. The van der Waals surface area contributed by atoms with Gasteiger partial charge in [0, 0.05) is 18.5 Å². The Bertz CT molecular complexity index is 489. The second-order valence-corrected chi connectivity index (χ2v) is 5.89. The molecule has 2 amide bonds. The van der Waals surface area contributed by atoms with Gasteiger partial charge >= 0.3 is 0 Å². The molecule has 1 heterocycles. The molecule has 100 valence electrons. The molecule has 19 heavy (non-hydrogen) atoms. The van der Waals surface area contributed by atoms with E-state index in [-0.39, 0.29) is 17.2 Å². The number of carbonyl (C=O) groups is 2. The van der Waals surface area contributed by atoms with Crippen LogP contribution in [0.2, 0.25) is 0 Å². The third kappa shape index (κ3) is 2.29. The fourth-order valence-corrected chi connectivity index (χ4v) is 3.45. The SMILES string of the molecule is O=C1CC2(CCCCC2)CN1C(=O)c1ccccc1. The van der Waals surface area contributed by atoms with Crippen molar-refractivity contribution in [3.8, 4) is 0 Å². The van der Waals surface area contributed by atoms with Crippen LogP contribution in [0, 0.1) is 5.41 Å². The van der Waals surface area contributed by atoms with E-state index in [4.69, 9.17) is 0 Å². The first-order chi connectivity index (χ1) is 9.20. The van der Waals surface area contributed by atoms with E-state index in [1.807, 2.05) is 18.2 Å². The molecule has 0 unspecified atom stereocenters. The summed E-state index contributed by atoms with van der Waals surface area (Å²) in [6, 6.07) is 9.11. The molecule has 1 spiro atoms. The van der Waals surface area contributed by atoms with Gasteiger partial charge in [-0.25, -0.2) is 0 Å². The van der Waals surface area contributed by atoms with Crippen molar-refractivity contribution in [3.63, 3.8) is 0 Å². The van der Waals surface area contributed by atoms with Crippen LogP contribution in [0.5, 0.6) is 0 Å². The van der Waals surface area contributed by atoms with E-state index < -0.39 is 0 Å². The number of rotatable bonds is 1. The van der Waals surface area contributed by atoms with E-state index in [1.165, 1.54) is 24.2 Å². The maximum absolute atomic E-state index is 12.4. The van der Waals surface area contributed by atoms with Crippen LogP contribution in [0.1, 0.15) is 48.9 Å². The van der Waals surface area contributed by atoms with E-state index in [2.05, 4.69) is 0 Å². The van der Waals surface area contributed by atoms with Crippen molar-refractivity contribution >= 4 is 11.8 Å². The lowest BCUT2D eigenvalue weighted by Gasteiger charge is -2.32. The molecule has 0 radical (unpaired) electrons. The van der Waals surface area contributed by atoms with Crippen LogP contribution in [0.25, 0.3) is 0 Å². The molecule has 0 N–H and O–H groups in total. The molecular formula is C16H19NO2. The summed E-state index contributed by atoms with van der Waals surface area (Å²) in [6.07, 6.45) is 6.41. The van der Waals surface area contributed by atoms with Crippen molar-refractivity contribution in [1.29, 1.82) is 0 Å². The minimum atomic E-state index is -0.131. The van der Waals surface area contributed by atoms with Crippen LogP contribution in [0.3, 0.4) is 0 Å². The van der Waals surface area contributed by atoms with Crippen LogP contribution in [-0.2, 0) is 4.79 Å². The summed E-state index contributed by atoms with van der Waals surface area (Å²) >= 11 is 0. The lowest BCUT2D eigenvalue weighted by Crippen LogP contribution is -2.34. The van der Waals surface area contributed by atoms with Gasteiger partial charge < -0.3 is 0 Å². The summed E-state index contributed by atoms with van der Waals surface area (Å²) < 4.78 is 0. The Morgan fingerprint density at radius 2 is 1.74 bits per heavy atom. The molecule has 1 aromatic carbocycles. The Morgan fingerprint density at radius 3 is 2.42 bits per heavy atom. The molecule has 1 saturated heterocycles. The largest absolute Gasteiger partial charge is 0.278 e. The van der Waals surface area contributed by atoms with Gasteiger partial charge in [-0.2, -0.15) is 0 Å². The zero-order chi connectivity index (χ0) is 13.3. The van der Waals surface area contributed by atoms with Crippen molar-refractivity contribution in [1.82, 2.24) is 4.90 Å². The van der Waals surface area contributed by atoms with Gasteiger partial charge in [0.05, 0.1) is 0 Å². The number of benzene rings is 1. The van der Waals surface area contributed by atoms with Crippen molar-refractivity contribution in [3.05, 3.63) is 35.9 Å². The first kappa shape index (κ1) is 12.4. The molecule has 2 fully saturated rings. The first-order valence-electron chi connectivity index (χ1n) is 7.10. The molecule has 0 aromatic heterocycles. The molecule has 0 atom stereocenters.